The lowest BCUT2D eigenvalue weighted by molar-refractivity contribution is -0.155. The molecule has 1 aliphatic heterocycles. The van der Waals surface area contributed by atoms with Crippen LogP contribution in [0.4, 0.5) is 0 Å². The summed E-state index contributed by atoms with van der Waals surface area (Å²) in [5.41, 5.74) is 3.55. The molecule has 6 nitrogen and oxygen atoms in total. The van der Waals surface area contributed by atoms with Crippen molar-refractivity contribution < 1.29 is 9.53 Å². The molecule has 0 N–H and O–H groups in total. The number of hydrogen-bond acceptors (Lipinski definition) is 6. The fraction of sp³-hybridized carbons (Fsp3) is 0.391. The molecular weight excluding hydrogens is 476 g/mol. The number of hydrogen-bond donors (Lipinski definition) is 0. The summed E-state index contributed by atoms with van der Waals surface area (Å²) in [5.74, 6) is 1.14. The van der Waals surface area contributed by atoms with Crippen LogP contribution >= 0.6 is 27.3 Å². The first kappa shape index (κ1) is 21.9. The molecule has 162 valence electrons. The van der Waals surface area contributed by atoms with Gasteiger partial charge in [0.2, 0.25) is 0 Å². The van der Waals surface area contributed by atoms with Crippen LogP contribution in [-0.4, -0.2) is 32.0 Å². The fourth-order valence-corrected chi connectivity index (χ4v) is 5.15. The number of benzene rings is 1. The number of rotatable bonds is 3. The minimum Gasteiger partial charge on any atom is -0.460 e. The number of aryl methyl sites for hydroxylation is 2. The Morgan fingerprint density at radius 3 is 2.48 bits per heavy atom. The number of aromatic nitrogens is 3. The van der Waals surface area contributed by atoms with Gasteiger partial charge in [-0.25, -0.2) is 0 Å². The van der Waals surface area contributed by atoms with Crippen LogP contribution in [0.3, 0.4) is 0 Å². The van der Waals surface area contributed by atoms with Crippen molar-refractivity contribution in [3.8, 4) is 5.00 Å². The first-order valence-corrected chi connectivity index (χ1v) is 11.7. The van der Waals surface area contributed by atoms with Crippen molar-refractivity contribution >= 4 is 38.9 Å². The number of esters is 1. The molecule has 0 amide bonds. The predicted molar refractivity (Wildman–Crippen MR) is 126 cm³/mol. The number of thiophene rings is 1. The minimum atomic E-state index is -0.560. The lowest BCUT2D eigenvalue weighted by Gasteiger charge is -2.21. The number of fused-ring (bicyclic) bond motifs is 3. The molecule has 31 heavy (non-hydrogen) atoms. The standard InChI is InChI=1S/C23H25BrN4O2S/c1-12-13(2)31-22-19(12)20(15-7-9-16(24)10-8-15)25-17(11-18(29)30-23(4,5)6)21-27-26-14(3)28(21)22/h7-10,17H,11H2,1-6H3/t17-/m0/s1. The number of nitrogens with zero attached hydrogens (tertiary/aromatic N) is 4. The van der Waals surface area contributed by atoms with Gasteiger partial charge in [-0.05, 0) is 59.2 Å². The summed E-state index contributed by atoms with van der Waals surface area (Å²) >= 11 is 5.21. The zero-order valence-corrected chi connectivity index (χ0v) is 20.9. The van der Waals surface area contributed by atoms with Crippen molar-refractivity contribution in [2.45, 2.75) is 59.6 Å². The molecule has 0 aliphatic carbocycles. The fourth-order valence-electron chi connectivity index (χ4n) is 3.67. The van der Waals surface area contributed by atoms with Crippen molar-refractivity contribution in [3.63, 3.8) is 0 Å². The van der Waals surface area contributed by atoms with Gasteiger partial charge < -0.3 is 4.74 Å². The average Bonchev–Trinajstić information content (AvgIpc) is 3.14. The van der Waals surface area contributed by atoms with Gasteiger partial charge in [0.25, 0.3) is 0 Å². The Morgan fingerprint density at radius 2 is 1.84 bits per heavy atom. The maximum absolute atomic E-state index is 12.7. The smallest absolute Gasteiger partial charge is 0.308 e. The first-order valence-electron chi connectivity index (χ1n) is 10.1. The van der Waals surface area contributed by atoms with Crippen LogP contribution in [0, 0.1) is 20.8 Å². The Hall–Kier alpha value is -2.32. The van der Waals surface area contributed by atoms with Gasteiger partial charge in [-0.15, -0.1) is 21.5 Å². The highest BCUT2D eigenvalue weighted by atomic mass is 79.9. The minimum absolute atomic E-state index is 0.0996. The van der Waals surface area contributed by atoms with Gasteiger partial charge >= 0.3 is 5.97 Å². The van der Waals surface area contributed by atoms with E-state index in [1.54, 1.807) is 11.3 Å². The topological polar surface area (TPSA) is 69.4 Å². The van der Waals surface area contributed by atoms with Crippen LogP contribution in [0.5, 0.6) is 0 Å². The molecule has 2 aromatic heterocycles. The monoisotopic (exact) mass is 500 g/mol. The molecule has 0 unspecified atom stereocenters. The van der Waals surface area contributed by atoms with E-state index in [0.29, 0.717) is 5.82 Å². The molecule has 0 radical (unpaired) electrons. The van der Waals surface area contributed by atoms with Gasteiger partial charge in [-0.1, -0.05) is 28.1 Å². The largest absolute Gasteiger partial charge is 0.460 e. The lowest BCUT2D eigenvalue weighted by atomic mass is 9.99. The highest BCUT2D eigenvalue weighted by Gasteiger charge is 2.33. The van der Waals surface area contributed by atoms with E-state index in [-0.39, 0.29) is 12.4 Å². The van der Waals surface area contributed by atoms with E-state index in [1.807, 2.05) is 56.5 Å². The van der Waals surface area contributed by atoms with E-state index in [2.05, 4.69) is 40.0 Å². The normalized spacial score (nSPS) is 15.7. The van der Waals surface area contributed by atoms with Gasteiger partial charge in [0.05, 0.1) is 12.1 Å². The van der Waals surface area contributed by atoms with Gasteiger partial charge in [0.15, 0.2) is 5.82 Å². The summed E-state index contributed by atoms with van der Waals surface area (Å²) in [6.07, 6.45) is 0.0996. The zero-order chi connectivity index (χ0) is 22.5. The Balaban J connectivity index is 1.91. The Labute approximate surface area is 194 Å². The number of aliphatic imine (C=N–C) groups is 1. The van der Waals surface area contributed by atoms with E-state index < -0.39 is 11.6 Å². The lowest BCUT2D eigenvalue weighted by Crippen LogP contribution is -2.25. The van der Waals surface area contributed by atoms with E-state index in [9.17, 15) is 4.79 Å². The molecule has 1 aromatic carbocycles. The Bertz CT molecular complexity index is 1190. The second kappa shape index (κ2) is 7.98. The van der Waals surface area contributed by atoms with Gasteiger partial charge in [-0.2, -0.15) is 0 Å². The van der Waals surface area contributed by atoms with Crippen LogP contribution in [0.1, 0.15) is 66.5 Å². The van der Waals surface area contributed by atoms with Crippen LogP contribution in [0.15, 0.2) is 33.7 Å². The third-order valence-electron chi connectivity index (χ3n) is 5.14. The average molecular weight is 501 g/mol. The van der Waals surface area contributed by atoms with Gasteiger partial charge in [0, 0.05) is 20.5 Å². The van der Waals surface area contributed by atoms with E-state index in [1.165, 1.54) is 10.4 Å². The van der Waals surface area contributed by atoms with Crippen molar-refractivity contribution in [2.24, 2.45) is 4.99 Å². The number of ether oxygens (including phenoxy) is 1. The second-order valence-corrected chi connectivity index (χ2v) is 10.8. The first-order chi connectivity index (χ1) is 14.5. The second-order valence-electron chi connectivity index (χ2n) is 8.70. The predicted octanol–water partition coefficient (Wildman–Crippen LogP) is 5.64. The third kappa shape index (κ3) is 4.23. The van der Waals surface area contributed by atoms with Gasteiger partial charge in [-0.3, -0.25) is 14.4 Å². The van der Waals surface area contributed by atoms with E-state index in [4.69, 9.17) is 9.73 Å². The summed E-state index contributed by atoms with van der Waals surface area (Å²) in [7, 11) is 0. The summed E-state index contributed by atoms with van der Waals surface area (Å²) in [5, 5.41) is 9.78. The molecule has 3 heterocycles. The molecule has 1 atom stereocenters. The number of halogens is 1. The van der Waals surface area contributed by atoms with E-state index in [0.717, 1.165) is 32.1 Å². The molecular formula is C23H25BrN4O2S. The molecule has 8 heteroatoms. The Kier molecular flexibility index (Phi) is 5.64. The summed E-state index contributed by atoms with van der Waals surface area (Å²) < 4.78 is 8.64. The molecule has 3 aromatic rings. The molecule has 0 bridgehead atoms. The zero-order valence-electron chi connectivity index (χ0n) is 18.5. The SMILES string of the molecule is Cc1sc2c(c1C)C(c1ccc(Br)cc1)=N[C@@H](CC(=O)OC(C)(C)C)c1nnc(C)n1-2. The van der Waals surface area contributed by atoms with Crippen LogP contribution in [0.25, 0.3) is 5.00 Å². The highest BCUT2D eigenvalue weighted by molar-refractivity contribution is 9.10. The molecule has 1 aliphatic rings. The molecule has 0 spiro atoms. The van der Waals surface area contributed by atoms with Crippen molar-refractivity contribution in [2.75, 3.05) is 0 Å². The van der Waals surface area contributed by atoms with Crippen molar-refractivity contribution in [3.05, 3.63) is 62.0 Å². The quantitative estimate of drug-likeness (QED) is 0.436. The molecule has 0 saturated heterocycles. The third-order valence-corrected chi connectivity index (χ3v) is 6.86. The molecule has 0 saturated carbocycles. The van der Waals surface area contributed by atoms with Gasteiger partial charge in [0.1, 0.15) is 22.5 Å². The number of carbonyl (C=O) groups is 1. The van der Waals surface area contributed by atoms with Crippen LogP contribution < -0.4 is 0 Å². The maximum atomic E-state index is 12.7. The van der Waals surface area contributed by atoms with Crippen LogP contribution in [0.2, 0.25) is 0 Å². The Morgan fingerprint density at radius 1 is 1.16 bits per heavy atom. The maximum Gasteiger partial charge on any atom is 0.308 e. The van der Waals surface area contributed by atoms with Crippen molar-refractivity contribution in [1.82, 2.24) is 14.8 Å². The van der Waals surface area contributed by atoms with Crippen LogP contribution in [-0.2, 0) is 9.53 Å². The van der Waals surface area contributed by atoms with Crippen molar-refractivity contribution in [1.29, 1.82) is 0 Å². The molecule has 4 rings (SSSR count). The summed E-state index contributed by atoms with van der Waals surface area (Å²) in [6, 6.07) is 7.61. The van der Waals surface area contributed by atoms with E-state index >= 15 is 0 Å². The number of carbonyl (C=O) groups excluding carboxylic acids is 1. The summed E-state index contributed by atoms with van der Waals surface area (Å²) in [6.45, 7) is 11.8. The highest BCUT2D eigenvalue weighted by Crippen LogP contribution is 2.39. The summed E-state index contributed by atoms with van der Waals surface area (Å²) in [4.78, 5) is 19.0. The molecule has 0 fully saturated rings.